The van der Waals surface area contributed by atoms with Crippen LogP contribution in [0.5, 0.6) is 5.75 Å². The lowest BCUT2D eigenvalue weighted by Crippen LogP contribution is -2.16. The topological polar surface area (TPSA) is 85.5 Å². The minimum Gasteiger partial charge on any atom is -0.506 e. The van der Waals surface area contributed by atoms with E-state index in [9.17, 15) is 9.90 Å². The van der Waals surface area contributed by atoms with Crippen LogP contribution >= 0.6 is 45.2 Å². The zero-order valence-electron chi connectivity index (χ0n) is 8.44. The molecule has 0 spiro atoms. The first-order valence-corrected chi connectivity index (χ1v) is 6.57. The van der Waals surface area contributed by atoms with Crippen LogP contribution in [0.4, 0.5) is 0 Å². The lowest BCUT2D eigenvalue weighted by atomic mass is 10.2. The van der Waals surface area contributed by atoms with Gasteiger partial charge < -0.3 is 5.11 Å². The fourth-order valence-electron chi connectivity index (χ4n) is 0.950. The third kappa shape index (κ3) is 4.47. The molecule has 7 heteroatoms. The molecule has 0 bridgehead atoms. The van der Waals surface area contributed by atoms with Gasteiger partial charge in [0, 0.05) is 0 Å². The minimum atomic E-state index is -0.452. The van der Waals surface area contributed by atoms with Gasteiger partial charge in [-0.15, -0.1) is 0 Å². The van der Waals surface area contributed by atoms with Crippen molar-refractivity contribution < 1.29 is 9.90 Å². The normalized spacial score (nSPS) is 10.2. The molecule has 0 fully saturated rings. The molecule has 1 aromatic carbocycles. The predicted molar refractivity (Wildman–Crippen MR) is 79.5 cm³/mol. The highest BCUT2D eigenvalue weighted by Gasteiger charge is 2.04. The quantitative estimate of drug-likeness (QED) is 0.416. The van der Waals surface area contributed by atoms with Crippen molar-refractivity contribution in [2.24, 2.45) is 5.10 Å². The van der Waals surface area contributed by atoms with Crippen molar-refractivity contribution in [3.8, 4) is 11.8 Å². The first-order chi connectivity index (χ1) is 8.04. The van der Waals surface area contributed by atoms with Gasteiger partial charge in [0.15, 0.2) is 0 Å². The summed E-state index contributed by atoms with van der Waals surface area (Å²) < 4.78 is 1.42. The van der Waals surface area contributed by atoms with Crippen LogP contribution in [0, 0.1) is 18.5 Å². The number of aromatic hydroxyl groups is 1. The molecular formula is C10H7I2N3O2. The number of carbonyl (C=O) groups excluding carboxylic acids is 1. The maximum atomic E-state index is 10.9. The smallest absolute Gasteiger partial charge is 0.254 e. The number of phenols is 1. The largest absolute Gasteiger partial charge is 0.506 e. The molecule has 1 rings (SSSR count). The number of halogens is 2. The molecule has 0 saturated carbocycles. The molecule has 17 heavy (non-hydrogen) atoms. The van der Waals surface area contributed by atoms with Gasteiger partial charge in [0.25, 0.3) is 5.91 Å². The Bertz CT molecular complexity index is 486. The summed E-state index contributed by atoms with van der Waals surface area (Å²) in [5.74, 6) is -0.219. The summed E-state index contributed by atoms with van der Waals surface area (Å²) in [7, 11) is 0. The number of hydrogen-bond donors (Lipinski definition) is 2. The number of nitriles is 1. The Kier molecular flexibility index (Phi) is 5.63. The number of benzene rings is 1. The second-order valence-corrected chi connectivity index (χ2v) is 5.29. The van der Waals surface area contributed by atoms with Gasteiger partial charge in [-0.2, -0.15) is 10.4 Å². The number of carbonyl (C=O) groups is 1. The van der Waals surface area contributed by atoms with Crippen LogP contribution in [0.15, 0.2) is 17.2 Å². The molecule has 1 amide bonds. The van der Waals surface area contributed by atoms with E-state index >= 15 is 0 Å². The first kappa shape index (κ1) is 14.2. The van der Waals surface area contributed by atoms with Gasteiger partial charge in [0.05, 0.1) is 19.4 Å². The lowest BCUT2D eigenvalue weighted by Gasteiger charge is -2.01. The third-order valence-electron chi connectivity index (χ3n) is 1.68. The average molecular weight is 455 g/mol. The van der Waals surface area contributed by atoms with E-state index < -0.39 is 5.91 Å². The van der Waals surface area contributed by atoms with Crippen molar-refractivity contribution in [1.82, 2.24) is 5.43 Å². The Balaban J connectivity index is 2.73. The highest BCUT2D eigenvalue weighted by Crippen LogP contribution is 2.26. The van der Waals surface area contributed by atoms with Gasteiger partial charge >= 0.3 is 0 Å². The van der Waals surface area contributed by atoms with E-state index in [1.807, 2.05) is 45.2 Å². The first-order valence-electron chi connectivity index (χ1n) is 4.41. The van der Waals surface area contributed by atoms with E-state index in [0.29, 0.717) is 7.14 Å². The zero-order valence-corrected chi connectivity index (χ0v) is 12.8. The van der Waals surface area contributed by atoms with Crippen molar-refractivity contribution in [2.45, 2.75) is 6.42 Å². The van der Waals surface area contributed by atoms with Gasteiger partial charge in [-0.05, 0) is 62.9 Å². The molecule has 0 saturated heterocycles. The third-order valence-corrected chi connectivity index (χ3v) is 3.33. The van der Waals surface area contributed by atoms with Gasteiger partial charge in [-0.1, -0.05) is 0 Å². The molecule has 88 valence electrons. The van der Waals surface area contributed by atoms with Crippen molar-refractivity contribution in [3.05, 3.63) is 24.8 Å². The number of nitrogens with one attached hydrogen (secondary N) is 1. The molecule has 0 aromatic heterocycles. The van der Waals surface area contributed by atoms with Crippen molar-refractivity contribution in [1.29, 1.82) is 5.26 Å². The van der Waals surface area contributed by atoms with Crippen LogP contribution in [0.3, 0.4) is 0 Å². The molecule has 0 aliphatic rings. The van der Waals surface area contributed by atoms with Crippen molar-refractivity contribution in [2.75, 3.05) is 0 Å². The molecule has 0 aliphatic heterocycles. The zero-order chi connectivity index (χ0) is 12.8. The molecule has 1 aromatic rings. The number of amides is 1. The van der Waals surface area contributed by atoms with E-state index in [0.717, 1.165) is 5.56 Å². The van der Waals surface area contributed by atoms with Crippen LogP contribution in [0.25, 0.3) is 0 Å². The van der Waals surface area contributed by atoms with E-state index in [2.05, 4.69) is 10.5 Å². The molecule has 0 radical (unpaired) electrons. The number of hydrogen-bond acceptors (Lipinski definition) is 4. The summed E-state index contributed by atoms with van der Waals surface area (Å²) in [4.78, 5) is 10.9. The SMILES string of the molecule is N#CCC(=O)NN=Cc1cc(I)c(O)c(I)c1. The van der Waals surface area contributed by atoms with Crippen LogP contribution in [-0.2, 0) is 4.79 Å². The number of hydrazone groups is 1. The molecular weight excluding hydrogens is 448 g/mol. The fourth-order valence-corrected chi connectivity index (χ4v) is 2.77. The Morgan fingerprint density at radius 3 is 2.65 bits per heavy atom. The molecule has 0 heterocycles. The van der Waals surface area contributed by atoms with Crippen molar-refractivity contribution >= 4 is 57.3 Å². The second kappa shape index (κ2) is 6.75. The maximum Gasteiger partial charge on any atom is 0.254 e. The highest BCUT2D eigenvalue weighted by atomic mass is 127. The van der Waals surface area contributed by atoms with Gasteiger partial charge in [0.1, 0.15) is 12.2 Å². The van der Waals surface area contributed by atoms with Crippen LogP contribution in [-0.4, -0.2) is 17.2 Å². The van der Waals surface area contributed by atoms with Crippen LogP contribution in [0.1, 0.15) is 12.0 Å². The number of nitrogens with zero attached hydrogens (tertiary/aromatic N) is 2. The monoisotopic (exact) mass is 455 g/mol. The Morgan fingerprint density at radius 2 is 2.12 bits per heavy atom. The van der Waals surface area contributed by atoms with E-state index in [1.165, 1.54) is 6.21 Å². The second-order valence-electron chi connectivity index (χ2n) is 2.96. The van der Waals surface area contributed by atoms with Gasteiger partial charge in [0.2, 0.25) is 0 Å². The van der Waals surface area contributed by atoms with E-state index in [-0.39, 0.29) is 12.2 Å². The highest BCUT2D eigenvalue weighted by molar-refractivity contribution is 14.1. The van der Waals surface area contributed by atoms with Gasteiger partial charge in [-0.3, -0.25) is 4.79 Å². The minimum absolute atomic E-state index is 0.220. The number of phenolic OH excluding ortho intramolecular Hbond substituents is 1. The predicted octanol–water partition coefficient (Wildman–Crippen LogP) is 1.97. The van der Waals surface area contributed by atoms with Crippen LogP contribution in [0.2, 0.25) is 0 Å². The fraction of sp³-hybridized carbons (Fsp3) is 0.100. The Hall–Kier alpha value is -0.890. The summed E-state index contributed by atoms with van der Waals surface area (Å²) in [5.41, 5.74) is 2.98. The molecule has 0 atom stereocenters. The molecule has 0 unspecified atom stereocenters. The van der Waals surface area contributed by atoms with Gasteiger partial charge in [-0.25, -0.2) is 5.43 Å². The van der Waals surface area contributed by atoms with Crippen molar-refractivity contribution in [3.63, 3.8) is 0 Å². The summed E-state index contributed by atoms with van der Waals surface area (Å²) >= 11 is 4.01. The Morgan fingerprint density at radius 1 is 1.53 bits per heavy atom. The summed E-state index contributed by atoms with van der Waals surface area (Å²) in [6.07, 6.45) is 1.24. The number of rotatable bonds is 3. The van der Waals surface area contributed by atoms with E-state index in [4.69, 9.17) is 5.26 Å². The summed E-state index contributed by atoms with van der Waals surface area (Å²) in [6, 6.07) is 5.19. The van der Waals surface area contributed by atoms with Crippen LogP contribution < -0.4 is 5.43 Å². The standard InChI is InChI=1S/C10H7I2N3O2/c11-7-3-6(4-8(12)10(7)17)5-14-15-9(16)1-2-13/h3-5,17H,1H2,(H,15,16). The van der Waals surface area contributed by atoms with E-state index in [1.54, 1.807) is 18.2 Å². The molecule has 0 aliphatic carbocycles. The lowest BCUT2D eigenvalue weighted by molar-refractivity contribution is -0.120. The Labute approximate surface area is 125 Å². The summed E-state index contributed by atoms with van der Waals surface area (Å²) in [5, 5.41) is 21.5. The summed E-state index contributed by atoms with van der Waals surface area (Å²) in [6.45, 7) is 0. The maximum absolute atomic E-state index is 10.9. The molecule has 5 nitrogen and oxygen atoms in total. The average Bonchev–Trinajstić information content (AvgIpc) is 2.26. The molecule has 2 N–H and O–H groups in total.